The molecule has 0 bridgehead atoms. The molecule has 0 radical (unpaired) electrons. The zero-order valence-electron chi connectivity index (χ0n) is 14.0. The Labute approximate surface area is 138 Å². The van der Waals surface area contributed by atoms with E-state index in [0.29, 0.717) is 0 Å². The second kappa shape index (κ2) is 7.42. The van der Waals surface area contributed by atoms with Crippen molar-refractivity contribution in [1.82, 2.24) is 14.9 Å². The largest absolute Gasteiger partial charge is 0.370 e. The topological polar surface area (TPSA) is 44.3 Å². The molecule has 1 saturated heterocycles. The van der Waals surface area contributed by atoms with Crippen LogP contribution in [0, 0.1) is 0 Å². The number of benzene rings is 1. The highest BCUT2D eigenvalue weighted by Crippen LogP contribution is 2.23. The van der Waals surface area contributed by atoms with Gasteiger partial charge in [-0.15, -0.1) is 0 Å². The molecule has 1 aliphatic heterocycles. The van der Waals surface area contributed by atoms with Crippen LogP contribution in [0.1, 0.15) is 13.3 Å². The van der Waals surface area contributed by atoms with Crippen molar-refractivity contribution in [2.24, 2.45) is 0 Å². The van der Waals surface area contributed by atoms with Crippen LogP contribution >= 0.6 is 0 Å². The molecule has 2 heterocycles. The van der Waals surface area contributed by atoms with Crippen molar-refractivity contribution in [3.63, 3.8) is 0 Å². The highest BCUT2D eigenvalue weighted by atomic mass is 15.3. The van der Waals surface area contributed by atoms with Gasteiger partial charge in [-0.2, -0.15) is 4.98 Å². The number of hydrogen-bond donors (Lipinski definition) is 1. The van der Waals surface area contributed by atoms with Gasteiger partial charge in [0.15, 0.2) is 0 Å². The van der Waals surface area contributed by atoms with Gasteiger partial charge in [-0.1, -0.05) is 37.3 Å². The smallest absolute Gasteiger partial charge is 0.227 e. The SMILES string of the molecule is CCCNc1cc(-c2ccccc2)nc(N2CCN(C)CC2)n1. The minimum absolute atomic E-state index is 0.832. The van der Waals surface area contributed by atoms with E-state index in [1.165, 1.54) is 0 Å². The van der Waals surface area contributed by atoms with E-state index in [9.17, 15) is 0 Å². The van der Waals surface area contributed by atoms with Gasteiger partial charge in [0.05, 0.1) is 5.69 Å². The molecule has 0 spiro atoms. The molecule has 3 rings (SSSR count). The first-order chi connectivity index (χ1) is 11.3. The van der Waals surface area contributed by atoms with Crippen molar-refractivity contribution < 1.29 is 0 Å². The molecular formula is C18H25N5. The summed E-state index contributed by atoms with van der Waals surface area (Å²) in [6.45, 7) is 7.14. The summed E-state index contributed by atoms with van der Waals surface area (Å²) in [4.78, 5) is 14.2. The van der Waals surface area contributed by atoms with Crippen LogP contribution in [0.5, 0.6) is 0 Å². The molecule has 0 amide bonds. The minimum Gasteiger partial charge on any atom is -0.370 e. The summed E-state index contributed by atoms with van der Waals surface area (Å²) < 4.78 is 0. The van der Waals surface area contributed by atoms with Crippen molar-refractivity contribution in [2.75, 3.05) is 50.0 Å². The number of piperazine rings is 1. The normalized spacial score (nSPS) is 15.7. The Morgan fingerprint density at radius 1 is 1.04 bits per heavy atom. The van der Waals surface area contributed by atoms with Gasteiger partial charge in [0.2, 0.25) is 5.95 Å². The van der Waals surface area contributed by atoms with Crippen molar-refractivity contribution >= 4 is 11.8 Å². The van der Waals surface area contributed by atoms with E-state index in [1.807, 2.05) is 24.3 Å². The predicted octanol–water partition coefficient (Wildman–Crippen LogP) is 2.72. The third kappa shape index (κ3) is 3.99. The van der Waals surface area contributed by atoms with Crippen LogP contribution in [-0.4, -0.2) is 54.6 Å². The Balaban J connectivity index is 1.91. The summed E-state index contributed by atoms with van der Waals surface area (Å²) in [5.74, 6) is 1.74. The molecule has 1 aromatic carbocycles. The lowest BCUT2D eigenvalue weighted by Gasteiger charge is -2.32. The third-order valence-electron chi connectivity index (χ3n) is 4.13. The maximum absolute atomic E-state index is 4.82. The van der Waals surface area contributed by atoms with E-state index in [1.54, 1.807) is 0 Å². The molecule has 23 heavy (non-hydrogen) atoms. The Morgan fingerprint density at radius 2 is 1.78 bits per heavy atom. The van der Waals surface area contributed by atoms with Gasteiger partial charge >= 0.3 is 0 Å². The van der Waals surface area contributed by atoms with Crippen molar-refractivity contribution in [1.29, 1.82) is 0 Å². The van der Waals surface area contributed by atoms with Gasteiger partial charge in [0.1, 0.15) is 5.82 Å². The molecule has 1 fully saturated rings. The van der Waals surface area contributed by atoms with Gasteiger partial charge in [-0.3, -0.25) is 0 Å². The molecule has 0 saturated carbocycles. The monoisotopic (exact) mass is 311 g/mol. The molecule has 1 N–H and O–H groups in total. The fraction of sp³-hybridized carbons (Fsp3) is 0.444. The van der Waals surface area contributed by atoms with Gasteiger partial charge < -0.3 is 15.1 Å². The molecular weight excluding hydrogens is 286 g/mol. The zero-order valence-corrected chi connectivity index (χ0v) is 14.0. The van der Waals surface area contributed by atoms with Crippen LogP contribution in [0.4, 0.5) is 11.8 Å². The number of nitrogens with zero attached hydrogens (tertiary/aromatic N) is 4. The second-order valence-electron chi connectivity index (χ2n) is 6.02. The highest BCUT2D eigenvalue weighted by molar-refractivity contribution is 5.64. The lowest BCUT2D eigenvalue weighted by Crippen LogP contribution is -2.45. The van der Waals surface area contributed by atoms with Crippen LogP contribution in [0.3, 0.4) is 0 Å². The number of likely N-dealkylation sites (N-methyl/N-ethyl adjacent to an activating group) is 1. The third-order valence-corrected chi connectivity index (χ3v) is 4.13. The van der Waals surface area contributed by atoms with E-state index in [0.717, 1.165) is 62.2 Å². The van der Waals surface area contributed by atoms with E-state index >= 15 is 0 Å². The Hall–Kier alpha value is -2.14. The van der Waals surface area contributed by atoms with Crippen molar-refractivity contribution in [3.8, 4) is 11.3 Å². The Morgan fingerprint density at radius 3 is 2.48 bits per heavy atom. The summed E-state index contributed by atoms with van der Waals surface area (Å²) in [5.41, 5.74) is 2.11. The van der Waals surface area contributed by atoms with Gasteiger partial charge in [0, 0.05) is 44.4 Å². The predicted molar refractivity (Wildman–Crippen MR) is 96.0 cm³/mol. The van der Waals surface area contributed by atoms with Crippen molar-refractivity contribution in [2.45, 2.75) is 13.3 Å². The molecule has 2 aromatic rings. The first kappa shape index (κ1) is 15.7. The number of hydrogen-bond acceptors (Lipinski definition) is 5. The quantitative estimate of drug-likeness (QED) is 0.920. The van der Waals surface area contributed by atoms with Crippen LogP contribution in [0.25, 0.3) is 11.3 Å². The maximum Gasteiger partial charge on any atom is 0.227 e. The fourth-order valence-electron chi connectivity index (χ4n) is 2.68. The summed E-state index contributed by atoms with van der Waals surface area (Å²) in [6, 6.07) is 12.4. The molecule has 5 nitrogen and oxygen atoms in total. The first-order valence-corrected chi connectivity index (χ1v) is 8.38. The van der Waals surface area contributed by atoms with Crippen LogP contribution in [0.2, 0.25) is 0 Å². The van der Waals surface area contributed by atoms with Gasteiger partial charge in [-0.05, 0) is 13.5 Å². The van der Waals surface area contributed by atoms with Crippen molar-refractivity contribution in [3.05, 3.63) is 36.4 Å². The van der Waals surface area contributed by atoms with E-state index in [2.05, 4.69) is 41.2 Å². The first-order valence-electron chi connectivity index (χ1n) is 8.38. The van der Waals surface area contributed by atoms with E-state index in [-0.39, 0.29) is 0 Å². The number of anilines is 2. The lowest BCUT2D eigenvalue weighted by molar-refractivity contribution is 0.311. The maximum atomic E-state index is 4.82. The summed E-state index contributed by atoms with van der Waals surface area (Å²) >= 11 is 0. The van der Waals surface area contributed by atoms with Crippen LogP contribution in [0.15, 0.2) is 36.4 Å². The summed E-state index contributed by atoms with van der Waals surface area (Å²) in [6.07, 6.45) is 1.08. The Kier molecular flexibility index (Phi) is 5.08. The molecule has 0 unspecified atom stereocenters. The van der Waals surface area contributed by atoms with Crippen LogP contribution in [-0.2, 0) is 0 Å². The van der Waals surface area contributed by atoms with E-state index < -0.39 is 0 Å². The molecule has 1 aliphatic rings. The lowest BCUT2D eigenvalue weighted by atomic mass is 10.1. The van der Waals surface area contributed by atoms with Gasteiger partial charge in [0.25, 0.3) is 0 Å². The zero-order chi connectivity index (χ0) is 16.1. The Bertz CT molecular complexity index is 621. The highest BCUT2D eigenvalue weighted by Gasteiger charge is 2.18. The molecule has 1 aromatic heterocycles. The average molecular weight is 311 g/mol. The standard InChI is InChI=1S/C18H25N5/c1-3-9-19-17-14-16(15-7-5-4-6-8-15)20-18(21-17)23-12-10-22(2)11-13-23/h4-8,14H,3,9-13H2,1-2H3,(H,19,20,21). The number of rotatable bonds is 5. The number of nitrogens with one attached hydrogen (secondary N) is 1. The minimum atomic E-state index is 0.832. The molecule has 122 valence electrons. The fourth-order valence-corrected chi connectivity index (χ4v) is 2.68. The average Bonchev–Trinajstić information content (AvgIpc) is 2.61. The molecule has 0 atom stereocenters. The molecule has 0 aliphatic carbocycles. The van der Waals surface area contributed by atoms with Crippen LogP contribution < -0.4 is 10.2 Å². The van der Waals surface area contributed by atoms with E-state index in [4.69, 9.17) is 9.97 Å². The number of aromatic nitrogens is 2. The summed E-state index contributed by atoms with van der Waals surface area (Å²) in [5, 5.41) is 3.40. The van der Waals surface area contributed by atoms with Gasteiger partial charge in [-0.25, -0.2) is 4.98 Å². The molecule has 5 heteroatoms. The summed E-state index contributed by atoms with van der Waals surface area (Å²) in [7, 11) is 2.16. The second-order valence-corrected chi connectivity index (χ2v) is 6.02.